The molecular weight excluding hydrogens is 364 g/mol. The molecule has 0 aliphatic carbocycles. The molecule has 1 aromatic carbocycles. The van der Waals surface area contributed by atoms with Gasteiger partial charge in [0, 0.05) is 27.5 Å². The van der Waals surface area contributed by atoms with Gasteiger partial charge in [0.25, 0.3) is 0 Å². The number of rotatable bonds is 4. The Morgan fingerprint density at radius 3 is 2.63 bits per heavy atom. The van der Waals surface area contributed by atoms with Crippen molar-refractivity contribution in [3.05, 3.63) is 53.2 Å². The normalized spacial score (nSPS) is 11.4. The summed E-state index contributed by atoms with van der Waals surface area (Å²) in [6, 6.07) is 9.54. The molecule has 0 aliphatic heterocycles. The van der Waals surface area contributed by atoms with Crippen molar-refractivity contribution in [3.63, 3.8) is 0 Å². The van der Waals surface area contributed by atoms with E-state index in [1.54, 1.807) is 23.6 Å². The average molecular weight is 384 g/mol. The topological polar surface area (TPSA) is 88.5 Å². The number of aromatic nitrogens is 1. The molecule has 0 aliphatic rings. The number of benzene rings is 1. The number of ether oxygens (including phenoxy) is 1. The predicted octanol–water partition coefficient (Wildman–Crippen LogP) is 4.69. The minimum Gasteiger partial charge on any atom is -0.478 e. The number of aromatic carboxylic acids is 1. The van der Waals surface area contributed by atoms with E-state index in [2.05, 4.69) is 10.3 Å². The third kappa shape index (κ3) is 4.83. The number of alkyl carbamates (subject to hydrolysis) is 1. The fraction of sp³-hybridized carbons (Fsp3) is 0.250. The SMILES string of the molecule is CC(C)(C)OC(=O)NCc1cc2ccc(-c3cncc(C(=O)O)c3)cc2s1. The molecule has 3 rings (SSSR count). The summed E-state index contributed by atoms with van der Waals surface area (Å²) in [5.74, 6) is -1.00. The Bertz CT molecular complexity index is 1000. The minimum atomic E-state index is -1.00. The summed E-state index contributed by atoms with van der Waals surface area (Å²) >= 11 is 1.57. The number of fused-ring (bicyclic) bond motifs is 1. The van der Waals surface area contributed by atoms with Crippen molar-refractivity contribution in [2.24, 2.45) is 0 Å². The highest BCUT2D eigenvalue weighted by molar-refractivity contribution is 7.19. The second-order valence-corrected chi connectivity index (χ2v) is 8.26. The van der Waals surface area contributed by atoms with Gasteiger partial charge in [0.1, 0.15) is 5.60 Å². The molecule has 0 saturated carbocycles. The summed E-state index contributed by atoms with van der Waals surface area (Å²) in [5, 5.41) is 12.9. The number of carbonyl (C=O) groups excluding carboxylic acids is 1. The van der Waals surface area contributed by atoms with E-state index in [1.807, 2.05) is 45.0 Å². The zero-order chi connectivity index (χ0) is 19.6. The Kier molecular flexibility index (Phi) is 5.14. The lowest BCUT2D eigenvalue weighted by Crippen LogP contribution is -2.31. The molecule has 2 heterocycles. The first-order valence-electron chi connectivity index (χ1n) is 8.39. The van der Waals surface area contributed by atoms with Crippen molar-refractivity contribution >= 4 is 33.5 Å². The molecule has 140 valence electrons. The molecule has 0 radical (unpaired) electrons. The number of thiophene rings is 1. The second-order valence-electron chi connectivity index (χ2n) is 7.09. The number of hydrogen-bond donors (Lipinski definition) is 2. The number of carbonyl (C=O) groups is 2. The standard InChI is InChI=1S/C20H20N2O4S/c1-20(2,3)26-19(25)22-11-16-7-13-5-4-12(8-17(13)27-16)14-6-15(18(23)24)10-21-9-14/h4-10H,11H2,1-3H3,(H,22,25)(H,23,24). The Hall–Kier alpha value is -2.93. The van der Waals surface area contributed by atoms with E-state index in [0.29, 0.717) is 6.54 Å². The molecule has 1 amide bonds. The van der Waals surface area contributed by atoms with Crippen LogP contribution in [0.15, 0.2) is 42.7 Å². The number of hydrogen-bond acceptors (Lipinski definition) is 5. The van der Waals surface area contributed by atoms with Crippen LogP contribution in [-0.4, -0.2) is 27.8 Å². The molecule has 0 spiro atoms. The average Bonchev–Trinajstić information content (AvgIpc) is 3.00. The largest absolute Gasteiger partial charge is 0.478 e. The Balaban J connectivity index is 1.78. The van der Waals surface area contributed by atoms with E-state index in [1.165, 1.54) is 6.20 Å². The predicted molar refractivity (Wildman–Crippen MR) is 105 cm³/mol. The highest BCUT2D eigenvalue weighted by Gasteiger charge is 2.16. The number of carboxylic acid groups (broad SMARTS) is 1. The summed E-state index contributed by atoms with van der Waals surface area (Å²) in [6.07, 6.45) is 2.53. The molecule has 6 nitrogen and oxygen atoms in total. The van der Waals surface area contributed by atoms with Gasteiger partial charge >= 0.3 is 12.1 Å². The van der Waals surface area contributed by atoms with Crippen LogP contribution >= 0.6 is 11.3 Å². The monoisotopic (exact) mass is 384 g/mol. The zero-order valence-electron chi connectivity index (χ0n) is 15.3. The van der Waals surface area contributed by atoms with Crippen molar-refractivity contribution in [1.82, 2.24) is 10.3 Å². The second kappa shape index (κ2) is 7.36. The van der Waals surface area contributed by atoms with Gasteiger partial charge in [-0.05, 0) is 49.9 Å². The molecule has 3 aromatic rings. The molecular formula is C20H20N2O4S. The van der Waals surface area contributed by atoms with Gasteiger partial charge in [-0.3, -0.25) is 4.98 Å². The summed E-state index contributed by atoms with van der Waals surface area (Å²) in [4.78, 5) is 27.9. The van der Waals surface area contributed by atoms with Crippen molar-refractivity contribution in [2.75, 3.05) is 0 Å². The number of amides is 1. The number of nitrogens with one attached hydrogen (secondary N) is 1. The van der Waals surface area contributed by atoms with Gasteiger partial charge in [-0.25, -0.2) is 9.59 Å². The summed E-state index contributed by atoms with van der Waals surface area (Å²) in [7, 11) is 0. The molecule has 7 heteroatoms. The van der Waals surface area contributed by atoms with Crippen LogP contribution in [0.2, 0.25) is 0 Å². The van der Waals surface area contributed by atoms with E-state index in [-0.39, 0.29) is 5.56 Å². The maximum atomic E-state index is 11.8. The first-order chi connectivity index (χ1) is 12.7. The number of carboxylic acids is 1. The molecule has 2 N–H and O–H groups in total. The van der Waals surface area contributed by atoms with Crippen molar-refractivity contribution in [1.29, 1.82) is 0 Å². The van der Waals surface area contributed by atoms with Crippen LogP contribution in [0.25, 0.3) is 21.2 Å². The lowest BCUT2D eigenvalue weighted by atomic mass is 10.1. The van der Waals surface area contributed by atoms with E-state index < -0.39 is 17.7 Å². The Morgan fingerprint density at radius 1 is 1.15 bits per heavy atom. The maximum Gasteiger partial charge on any atom is 0.407 e. The van der Waals surface area contributed by atoms with Crippen LogP contribution in [0.5, 0.6) is 0 Å². The molecule has 0 unspecified atom stereocenters. The van der Waals surface area contributed by atoms with Crippen LogP contribution < -0.4 is 5.32 Å². The van der Waals surface area contributed by atoms with Crippen LogP contribution in [-0.2, 0) is 11.3 Å². The van der Waals surface area contributed by atoms with E-state index in [9.17, 15) is 9.59 Å². The third-order valence-electron chi connectivity index (χ3n) is 3.70. The van der Waals surface area contributed by atoms with Gasteiger partial charge in [-0.2, -0.15) is 0 Å². The molecule has 0 fully saturated rings. The van der Waals surface area contributed by atoms with Gasteiger partial charge in [0.15, 0.2) is 0 Å². The highest BCUT2D eigenvalue weighted by Crippen LogP contribution is 2.30. The lowest BCUT2D eigenvalue weighted by Gasteiger charge is -2.19. The summed E-state index contributed by atoms with van der Waals surface area (Å²) < 4.78 is 6.29. The smallest absolute Gasteiger partial charge is 0.407 e. The molecule has 0 atom stereocenters. The fourth-order valence-electron chi connectivity index (χ4n) is 2.54. The quantitative estimate of drug-likeness (QED) is 0.681. The molecule has 0 bridgehead atoms. The van der Waals surface area contributed by atoms with Crippen LogP contribution in [0.1, 0.15) is 36.0 Å². The summed E-state index contributed by atoms with van der Waals surface area (Å²) in [6.45, 7) is 5.85. The van der Waals surface area contributed by atoms with E-state index >= 15 is 0 Å². The number of nitrogens with zero attached hydrogens (tertiary/aromatic N) is 1. The van der Waals surface area contributed by atoms with E-state index in [0.717, 1.165) is 26.1 Å². The third-order valence-corrected chi connectivity index (χ3v) is 4.79. The van der Waals surface area contributed by atoms with Crippen molar-refractivity contribution in [3.8, 4) is 11.1 Å². The van der Waals surface area contributed by atoms with Crippen molar-refractivity contribution in [2.45, 2.75) is 32.9 Å². The zero-order valence-corrected chi connectivity index (χ0v) is 16.1. The molecule has 27 heavy (non-hydrogen) atoms. The van der Waals surface area contributed by atoms with E-state index in [4.69, 9.17) is 9.84 Å². The Morgan fingerprint density at radius 2 is 1.93 bits per heavy atom. The minimum absolute atomic E-state index is 0.154. The van der Waals surface area contributed by atoms with Gasteiger partial charge < -0.3 is 15.2 Å². The van der Waals surface area contributed by atoms with Crippen LogP contribution in [0.3, 0.4) is 0 Å². The first-order valence-corrected chi connectivity index (χ1v) is 9.21. The van der Waals surface area contributed by atoms with Gasteiger partial charge in [-0.15, -0.1) is 11.3 Å². The summed E-state index contributed by atoms with van der Waals surface area (Å²) in [5.41, 5.74) is 1.27. The molecule has 2 aromatic heterocycles. The van der Waals surface area contributed by atoms with Gasteiger partial charge in [0.05, 0.1) is 12.1 Å². The Labute approximate surface area is 160 Å². The van der Waals surface area contributed by atoms with Crippen LogP contribution in [0, 0.1) is 0 Å². The van der Waals surface area contributed by atoms with Crippen molar-refractivity contribution < 1.29 is 19.4 Å². The highest BCUT2D eigenvalue weighted by atomic mass is 32.1. The fourth-order valence-corrected chi connectivity index (χ4v) is 3.58. The maximum absolute atomic E-state index is 11.8. The van der Waals surface area contributed by atoms with Gasteiger partial charge in [0.2, 0.25) is 0 Å². The molecule has 0 saturated heterocycles. The lowest BCUT2D eigenvalue weighted by molar-refractivity contribution is 0.0523. The first kappa shape index (κ1) is 18.8. The van der Waals surface area contributed by atoms with Gasteiger partial charge in [-0.1, -0.05) is 12.1 Å². The van der Waals surface area contributed by atoms with Crippen LogP contribution in [0.4, 0.5) is 4.79 Å². The number of pyridine rings is 1.